The van der Waals surface area contributed by atoms with E-state index in [1.807, 2.05) is 44.1 Å². The van der Waals surface area contributed by atoms with Crippen molar-refractivity contribution in [3.8, 4) is 0 Å². The number of aromatic nitrogens is 2. The number of nitrogens with zero attached hydrogens (tertiary/aromatic N) is 3. The summed E-state index contributed by atoms with van der Waals surface area (Å²) in [5.41, 5.74) is 3.14. The second kappa shape index (κ2) is 5.36. The highest BCUT2D eigenvalue weighted by Crippen LogP contribution is 2.22. The highest BCUT2D eigenvalue weighted by Gasteiger charge is 2.11. The van der Waals surface area contributed by atoms with Crippen molar-refractivity contribution in [3.05, 3.63) is 52.3 Å². The molecule has 4 heteroatoms. The van der Waals surface area contributed by atoms with E-state index in [-0.39, 0.29) is 0 Å². The number of aryl methyl sites for hydroxylation is 1. The Balaban J connectivity index is 2.34. The second-order valence-corrected chi connectivity index (χ2v) is 4.79. The van der Waals surface area contributed by atoms with Gasteiger partial charge in [-0.3, -0.25) is 0 Å². The summed E-state index contributed by atoms with van der Waals surface area (Å²) in [4.78, 5) is 10.6. The van der Waals surface area contributed by atoms with E-state index in [9.17, 15) is 0 Å². The predicted octanol–water partition coefficient (Wildman–Crippen LogP) is 3.10. The van der Waals surface area contributed by atoms with E-state index in [2.05, 4.69) is 22.1 Å². The number of benzene rings is 1. The van der Waals surface area contributed by atoms with Crippen LogP contribution in [-0.4, -0.2) is 24.1 Å². The van der Waals surface area contributed by atoms with Crippen LogP contribution in [0.3, 0.4) is 0 Å². The third-order valence-corrected chi connectivity index (χ3v) is 3.09. The molecule has 1 aromatic heterocycles. The molecular weight excluding hydrogens is 246 g/mol. The number of hydrogen-bond donors (Lipinski definition) is 0. The Bertz CT molecular complexity index is 515. The summed E-state index contributed by atoms with van der Waals surface area (Å²) in [5.74, 6) is 0.648. The minimum absolute atomic E-state index is 0.537. The third-order valence-electron chi connectivity index (χ3n) is 2.78. The Kier molecular flexibility index (Phi) is 3.82. The quantitative estimate of drug-likeness (QED) is 0.795. The van der Waals surface area contributed by atoms with Gasteiger partial charge in [-0.05, 0) is 12.5 Å². The summed E-state index contributed by atoms with van der Waals surface area (Å²) in [6, 6.07) is 10.2. The first kappa shape index (κ1) is 12.8. The van der Waals surface area contributed by atoms with Crippen molar-refractivity contribution in [2.75, 3.05) is 19.0 Å². The van der Waals surface area contributed by atoms with Crippen LogP contribution < -0.4 is 4.90 Å². The Hall–Kier alpha value is -1.61. The molecule has 18 heavy (non-hydrogen) atoms. The van der Waals surface area contributed by atoms with Crippen LogP contribution in [0.2, 0.25) is 5.15 Å². The maximum atomic E-state index is 6.25. The molecule has 2 rings (SSSR count). The van der Waals surface area contributed by atoms with E-state index in [1.165, 1.54) is 5.56 Å². The molecule has 0 unspecified atom stereocenters. The Morgan fingerprint density at radius 3 is 2.33 bits per heavy atom. The maximum Gasteiger partial charge on any atom is 0.226 e. The van der Waals surface area contributed by atoms with Crippen molar-refractivity contribution < 1.29 is 0 Å². The number of halogens is 1. The van der Waals surface area contributed by atoms with Crippen LogP contribution in [0.4, 0.5) is 5.95 Å². The Morgan fingerprint density at radius 1 is 1.11 bits per heavy atom. The van der Waals surface area contributed by atoms with Gasteiger partial charge in [-0.15, -0.1) is 0 Å². The monoisotopic (exact) mass is 261 g/mol. The van der Waals surface area contributed by atoms with Gasteiger partial charge in [0, 0.05) is 31.8 Å². The van der Waals surface area contributed by atoms with Crippen molar-refractivity contribution in [1.29, 1.82) is 0 Å². The van der Waals surface area contributed by atoms with E-state index in [4.69, 9.17) is 11.6 Å². The average molecular weight is 262 g/mol. The zero-order valence-electron chi connectivity index (χ0n) is 10.8. The standard InChI is InChI=1S/C14H16ClN3/c1-10-12(9-11-7-5-4-6-8-11)13(15)17-14(16-10)18(2)3/h4-8H,9H2,1-3H3. The van der Waals surface area contributed by atoms with Gasteiger partial charge in [-0.25, -0.2) is 9.97 Å². The molecule has 0 saturated carbocycles. The van der Waals surface area contributed by atoms with Crippen molar-refractivity contribution in [1.82, 2.24) is 9.97 Å². The molecule has 0 fully saturated rings. The highest BCUT2D eigenvalue weighted by molar-refractivity contribution is 6.30. The first-order valence-corrected chi connectivity index (χ1v) is 6.20. The van der Waals surface area contributed by atoms with E-state index in [0.717, 1.165) is 17.7 Å². The first-order chi connectivity index (χ1) is 8.58. The lowest BCUT2D eigenvalue weighted by Crippen LogP contribution is -2.14. The Morgan fingerprint density at radius 2 is 1.78 bits per heavy atom. The van der Waals surface area contributed by atoms with Crippen molar-refractivity contribution in [3.63, 3.8) is 0 Å². The molecule has 0 aliphatic carbocycles. The van der Waals surface area contributed by atoms with Crippen LogP contribution >= 0.6 is 11.6 Å². The van der Waals surface area contributed by atoms with Gasteiger partial charge < -0.3 is 4.90 Å². The normalized spacial score (nSPS) is 10.4. The molecule has 3 nitrogen and oxygen atoms in total. The minimum atomic E-state index is 0.537. The van der Waals surface area contributed by atoms with Gasteiger partial charge >= 0.3 is 0 Å². The fraction of sp³-hybridized carbons (Fsp3) is 0.286. The van der Waals surface area contributed by atoms with Crippen molar-refractivity contribution >= 4 is 17.5 Å². The van der Waals surface area contributed by atoms with E-state index in [0.29, 0.717) is 11.1 Å². The second-order valence-electron chi connectivity index (χ2n) is 4.44. The predicted molar refractivity (Wildman–Crippen MR) is 75.4 cm³/mol. The van der Waals surface area contributed by atoms with Gasteiger partial charge in [0.25, 0.3) is 0 Å². The third kappa shape index (κ3) is 2.79. The molecule has 0 aliphatic heterocycles. The summed E-state index contributed by atoms with van der Waals surface area (Å²) in [7, 11) is 3.81. The highest BCUT2D eigenvalue weighted by atomic mass is 35.5. The molecule has 1 heterocycles. The lowest BCUT2D eigenvalue weighted by molar-refractivity contribution is 0.947. The van der Waals surface area contributed by atoms with Crippen LogP contribution in [0.1, 0.15) is 16.8 Å². The van der Waals surface area contributed by atoms with Crippen molar-refractivity contribution in [2.45, 2.75) is 13.3 Å². The van der Waals surface area contributed by atoms with Gasteiger partial charge in [-0.1, -0.05) is 41.9 Å². The topological polar surface area (TPSA) is 29.0 Å². The molecule has 0 N–H and O–H groups in total. The SMILES string of the molecule is Cc1nc(N(C)C)nc(Cl)c1Cc1ccccc1. The van der Waals surface area contributed by atoms with Gasteiger partial charge in [0.2, 0.25) is 5.95 Å². The Labute approximate surface area is 112 Å². The van der Waals surface area contributed by atoms with Gasteiger partial charge in [0.15, 0.2) is 0 Å². The smallest absolute Gasteiger partial charge is 0.226 e. The molecule has 0 aliphatic rings. The summed E-state index contributed by atoms with van der Waals surface area (Å²) < 4.78 is 0. The number of anilines is 1. The van der Waals surface area contributed by atoms with E-state index in [1.54, 1.807) is 0 Å². The molecule has 94 valence electrons. The summed E-state index contributed by atoms with van der Waals surface area (Å²) in [6.07, 6.45) is 0.763. The van der Waals surface area contributed by atoms with Gasteiger partial charge in [0.1, 0.15) is 5.15 Å². The summed E-state index contributed by atoms with van der Waals surface area (Å²) in [6.45, 7) is 1.97. The minimum Gasteiger partial charge on any atom is -0.347 e. The van der Waals surface area contributed by atoms with Crippen molar-refractivity contribution in [2.24, 2.45) is 0 Å². The molecule has 1 aromatic carbocycles. The summed E-state index contributed by atoms with van der Waals surface area (Å²) >= 11 is 6.25. The van der Waals surface area contributed by atoms with E-state index < -0.39 is 0 Å². The number of hydrogen-bond acceptors (Lipinski definition) is 3. The van der Waals surface area contributed by atoms with Crippen LogP contribution in [0.5, 0.6) is 0 Å². The van der Waals surface area contributed by atoms with Crippen LogP contribution in [0.15, 0.2) is 30.3 Å². The zero-order valence-corrected chi connectivity index (χ0v) is 11.6. The first-order valence-electron chi connectivity index (χ1n) is 5.82. The van der Waals surface area contributed by atoms with Crippen LogP contribution in [0.25, 0.3) is 0 Å². The zero-order chi connectivity index (χ0) is 13.1. The summed E-state index contributed by atoms with van der Waals surface area (Å²) in [5, 5.41) is 0.537. The lowest BCUT2D eigenvalue weighted by atomic mass is 10.1. The molecule has 0 amide bonds. The van der Waals surface area contributed by atoms with Gasteiger partial charge in [-0.2, -0.15) is 0 Å². The fourth-order valence-electron chi connectivity index (χ4n) is 1.75. The van der Waals surface area contributed by atoms with Crippen LogP contribution in [0, 0.1) is 6.92 Å². The molecule has 0 atom stereocenters. The van der Waals surface area contributed by atoms with E-state index >= 15 is 0 Å². The molecule has 0 spiro atoms. The molecule has 0 saturated heterocycles. The lowest BCUT2D eigenvalue weighted by Gasteiger charge is -2.14. The maximum absolute atomic E-state index is 6.25. The number of rotatable bonds is 3. The average Bonchev–Trinajstić information content (AvgIpc) is 2.34. The molecule has 2 aromatic rings. The molecule has 0 bridgehead atoms. The largest absolute Gasteiger partial charge is 0.347 e. The van der Waals surface area contributed by atoms with Gasteiger partial charge in [0.05, 0.1) is 0 Å². The fourth-order valence-corrected chi connectivity index (χ4v) is 2.03. The molecule has 0 radical (unpaired) electrons. The van der Waals surface area contributed by atoms with Crippen LogP contribution in [-0.2, 0) is 6.42 Å². The molecular formula is C14H16ClN3.